The van der Waals surface area contributed by atoms with Gasteiger partial charge in [0.25, 0.3) is 11.7 Å². The van der Waals surface area contributed by atoms with Crippen LogP contribution in [0.25, 0.3) is 5.76 Å². The number of rotatable bonds is 3. The first-order chi connectivity index (χ1) is 14.0. The summed E-state index contributed by atoms with van der Waals surface area (Å²) in [5, 5.41) is 11.4. The molecule has 4 rings (SSSR count). The normalized spacial score (nSPS) is 18.3. The topological polar surface area (TPSA) is 70.5 Å². The number of Topliss-reactive ketones (excluding diaryl/α,β-unsaturated/α-hetero) is 1. The number of nitrogens with zero attached hydrogens (tertiary/aromatic N) is 2. The minimum Gasteiger partial charge on any atom is -0.507 e. The summed E-state index contributed by atoms with van der Waals surface area (Å²) < 4.78 is 0. The summed E-state index contributed by atoms with van der Waals surface area (Å²) in [6.07, 6.45) is 3.20. The number of ketones is 1. The van der Waals surface area contributed by atoms with E-state index in [1.165, 1.54) is 4.90 Å². The standard InChI is InChI=1S/C23H17ClN2O3/c1-14-7-9-18(10-8-14)26-20(16-5-3-11-25-13-16)19(22(28)23(26)29)21(27)15-4-2-6-17(24)12-15/h2-13,20,27H,1H3/b21-19-. The lowest BCUT2D eigenvalue weighted by Gasteiger charge is -2.25. The van der Waals surface area contributed by atoms with Crippen LogP contribution in [-0.4, -0.2) is 21.8 Å². The fraction of sp³-hybridized carbons (Fsp3) is 0.0870. The molecule has 0 saturated carbocycles. The fourth-order valence-electron chi connectivity index (χ4n) is 3.45. The number of aryl methyl sites for hydroxylation is 1. The lowest BCUT2D eigenvalue weighted by molar-refractivity contribution is -0.132. The Balaban J connectivity index is 1.94. The molecule has 6 heteroatoms. The van der Waals surface area contributed by atoms with Crippen molar-refractivity contribution in [2.45, 2.75) is 13.0 Å². The first-order valence-electron chi connectivity index (χ1n) is 9.01. The molecule has 1 N–H and O–H groups in total. The third-order valence-electron chi connectivity index (χ3n) is 4.85. The van der Waals surface area contributed by atoms with E-state index >= 15 is 0 Å². The largest absolute Gasteiger partial charge is 0.507 e. The van der Waals surface area contributed by atoms with Crippen molar-refractivity contribution >= 4 is 34.7 Å². The molecule has 144 valence electrons. The van der Waals surface area contributed by atoms with Gasteiger partial charge in [0.05, 0.1) is 11.6 Å². The molecule has 1 fully saturated rings. The molecule has 1 atom stereocenters. The summed E-state index contributed by atoms with van der Waals surface area (Å²) in [7, 11) is 0. The SMILES string of the molecule is Cc1ccc(N2C(=O)C(=O)/C(=C(\O)c3cccc(Cl)c3)C2c2cccnc2)cc1. The average Bonchev–Trinajstić information content (AvgIpc) is 3.00. The number of aromatic nitrogens is 1. The Morgan fingerprint density at radius 2 is 1.83 bits per heavy atom. The number of pyridine rings is 1. The maximum absolute atomic E-state index is 13.0. The number of hydrogen-bond acceptors (Lipinski definition) is 4. The number of carbonyl (C=O) groups is 2. The Labute approximate surface area is 172 Å². The zero-order chi connectivity index (χ0) is 20.5. The van der Waals surface area contributed by atoms with Gasteiger partial charge in [0.15, 0.2) is 0 Å². The summed E-state index contributed by atoms with van der Waals surface area (Å²) in [5.41, 5.74) is 2.59. The van der Waals surface area contributed by atoms with Crippen molar-refractivity contribution in [2.24, 2.45) is 0 Å². The van der Waals surface area contributed by atoms with Gasteiger partial charge in [0.2, 0.25) is 0 Å². The number of halogens is 1. The van der Waals surface area contributed by atoms with Gasteiger partial charge >= 0.3 is 0 Å². The molecule has 0 radical (unpaired) electrons. The van der Waals surface area contributed by atoms with Crippen LogP contribution in [0.3, 0.4) is 0 Å². The molecule has 29 heavy (non-hydrogen) atoms. The first kappa shape index (κ1) is 18.9. The minimum atomic E-state index is -0.801. The molecule has 1 saturated heterocycles. The number of aliphatic hydroxyl groups is 1. The number of hydrogen-bond donors (Lipinski definition) is 1. The number of benzene rings is 2. The molecule has 3 aromatic rings. The minimum absolute atomic E-state index is 0.00541. The molecule has 1 aliphatic heterocycles. The van der Waals surface area contributed by atoms with Crippen molar-refractivity contribution in [3.05, 3.63) is 100 Å². The van der Waals surface area contributed by atoms with Crippen molar-refractivity contribution < 1.29 is 14.7 Å². The maximum Gasteiger partial charge on any atom is 0.300 e. The fourth-order valence-corrected chi connectivity index (χ4v) is 3.64. The van der Waals surface area contributed by atoms with Crippen molar-refractivity contribution in [1.82, 2.24) is 4.98 Å². The molecule has 0 aliphatic carbocycles. The highest BCUT2D eigenvalue weighted by Crippen LogP contribution is 2.42. The second-order valence-corrected chi connectivity index (χ2v) is 7.24. The molecule has 1 aliphatic rings. The third-order valence-corrected chi connectivity index (χ3v) is 5.09. The summed E-state index contributed by atoms with van der Waals surface area (Å²) in [6.45, 7) is 1.94. The number of anilines is 1. The van der Waals surface area contributed by atoms with E-state index in [-0.39, 0.29) is 11.3 Å². The van der Waals surface area contributed by atoms with E-state index in [2.05, 4.69) is 4.98 Å². The molecule has 2 aromatic carbocycles. The summed E-state index contributed by atoms with van der Waals surface area (Å²) >= 11 is 6.05. The average molecular weight is 405 g/mol. The van der Waals surface area contributed by atoms with Crippen molar-refractivity contribution in [3.63, 3.8) is 0 Å². The molecular weight excluding hydrogens is 388 g/mol. The highest BCUT2D eigenvalue weighted by Gasteiger charge is 2.47. The van der Waals surface area contributed by atoms with Crippen LogP contribution >= 0.6 is 11.6 Å². The van der Waals surface area contributed by atoms with E-state index < -0.39 is 17.7 Å². The Kier molecular flexibility index (Phi) is 4.91. The van der Waals surface area contributed by atoms with Gasteiger partial charge in [0.1, 0.15) is 5.76 Å². The quantitative estimate of drug-likeness (QED) is 0.391. The molecule has 1 amide bonds. The zero-order valence-corrected chi connectivity index (χ0v) is 16.3. The molecular formula is C23H17ClN2O3. The lowest BCUT2D eigenvalue weighted by atomic mass is 9.96. The molecule has 0 spiro atoms. The number of amides is 1. The van der Waals surface area contributed by atoms with Crippen LogP contribution in [0.2, 0.25) is 5.02 Å². The Bertz CT molecular complexity index is 1120. The van der Waals surface area contributed by atoms with Crippen molar-refractivity contribution in [2.75, 3.05) is 4.90 Å². The Hall–Kier alpha value is -3.44. The van der Waals surface area contributed by atoms with E-state index in [0.717, 1.165) is 5.56 Å². The van der Waals surface area contributed by atoms with Gasteiger partial charge in [-0.15, -0.1) is 0 Å². The monoisotopic (exact) mass is 404 g/mol. The van der Waals surface area contributed by atoms with Crippen molar-refractivity contribution in [3.8, 4) is 0 Å². The highest BCUT2D eigenvalue weighted by molar-refractivity contribution is 6.51. The van der Waals surface area contributed by atoms with Gasteiger partial charge in [-0.05, 0) is 42.8 Å². The predicted molar refractivity (Wildman–Crippen MR) is 112 cm³/mol. The molecule has 1 unspecified atom stereocenters. The Morgan fingerprint density at radius 1 is 1.07 bits per heavy atom. The van der Waals surface area contributed by atoms with Gasteiger partial charge in [-0.3, -0.25) is 19.5 Å². The smallest absolute Gasteiger partial charge is 0.300 e. The number of carbonyl (C=O) groups excluding carboxylic acids is 2. The summed E-state index contributed by atoms with van der Waals surface area (Å²) in [6, 6.07) is 16.5. The van der Waals surface area contributed by atoms with E-state index in [4.69, 9.17) is 11.6 Å². The molecule has 1 aromatic heterocycles. The van der Waals surface area contributed by atoms with E-state index in [9.17, 15) is 14.7 Å². The molecule has 0 bridgehead atoms. The van der Waals surface area contributed by atoms with Crippen LogP contribution in [0.15, 0.2) is 78.6 Å². The van der Waals surface area contributed by atoms with Crippen LogP contribution in [0, 0.1) is 6.92 Å². The third kappa shape index (κ3) is 3.41. The zero-order valence-electron chi connectivity index (χ0n) is 15.5. The van der Waals surface area contributed by atoms with Crippen molar-refractivity contribution in [1.29, 1.82) is 0 Å². The second-order valence-electron chi connectivity index (χ2n) is 6.80. The van der Waals surface area contributed by atoms with Gasteiger partial charge in [-0.1, -0.05) is 47.5 Å². The van der Waals surface area contributed by atoms with Crippen LogP contribution < -0.4 is 4.90 Å². The maximum atomic E-state index is 13.0. The van der Waals surface area contributed by atoms with Crippen LogP contribution in [0.5, 0.6) is 0 Å². The van der Waals surface area contributed by atoms with E-state index in [1.807, 2.05) is 19.1 Å². The van der Waals surface area contributed by atoms with Gasteiger partial charge in [0, 0.05) is 28.7 Å². The van der Waals surface area contributed by atoms with Gasteiger partial charge < -0.3 is 5.11 Å². The van der Waals surface area contributed by atoms with Crippen LogP contribution in [-0.2, 0) is 9.59 Å². The van der Waals surface area contributed by atoms with Gasteiger partial charge in [-0.25, -0.2) is 0 Å². The number of aliphatic hydroxyl groups excluding tert-OH is 1. The first-order valence-corrected chi connectivity index (χ1v) is 9.38. The summed E-state index contributed by atoms with van der Waals surface area (Å²) in [5.74, 6) is -1.72. The highest BCUT2D eigenvalue weighted by atomic mass is 35.5. The molecule has 2 heterocycles. The lowest BCUT2D eigenvalue weighted by Crippen LogP contribution is -2.29. The van der Waals surface area contributed by atoms with E-state index in [0.29, 0.717) is 21.8 Å². The predicted octanol–water partition coefficient (Wildman–Crippen LogP) is 4.67. The van der Waals surface area contributed by atoms with Crippen LogP contribution in [0.4, 0.5) is 5.69 Å². The Morgan fingerprint density at radius 3 is 2.48 bits per heavy atom. The van der Waals surface area contributed by atoms with Gasteiger partial charge in [-0.2, -0.15) is 0 Å². The van der Waals surface area contributed by atoms with Crippen LogP contribution in [0.1, 0.15) is 22.7 Å². The van der Waals surface area contributed by atoms with E-state index in [1.54, 1.807) is 60.9 Å². The molecule has 5 nitrogen and oxygen atoms in total. The second kappa shape index (κ2) is 7.53. The summed E-state index contributed by atoms with van der Waals surface area (Å²) in [4.78, 5) is 31.5.